The van der Waals surface area contributed by atoms with Crippen LogP contribution < -0.4 is 0 Å². The Morgan fingerprint density at radius 3 is 1.32 bits per heavy atom. The minimum Gasteiger partial charge on any atom is -0.248 e. The second-order valence-electron chi connectivity index (χ2n) is 10.8. The Bertz CT molecular complexity index is 2210. The van der Waals surface area contributed by atoms with Crippen LogP contribution in [0.4, 0.5) is 0 Å². The van der Waals surface area contributed by atoms with Crippen molar-refractivity contribution in [2.24, 2.45) is 0 Å². The smallest absolute Gasteiger partial charge is 0.179 e. The summed E-state index contributed by atoms with van der Waals surface area (Å²) in [5, 5.41) is 2.16. The van der Waals surface area contributed by atoms with Crippen molar-refractivity contribution in [3.05, 3.63) is 158 Å². The molecule has 0 unspecified atom stereocenters. The average Bonchev–Trinajstić information content (AvgIpc) is 3.11. The van der Waals surface area contributed by atoms with E-state index in [4.69, 9.17) is 19.9 Å². The van der Waals surface area contributed by atoms with Crippen molar-refractivity contribution >= 4 is 21.8 Å². The quantitative estimate of drug-likeness (QED) is 0.209. The van der Waals surface area contributed by atoms with E-state index < -0.39 is 0 Å². The van der Waals surface area contributed by atoms with Crippen molar-refractivity contribution in [1.82, 2.24) is 19.9 Å². The Morgan fingerprint density at radius 2 is 0.727 bits per heavy atom. The molecule has 8 aromatic rings. The lowest BCUT2D eigenvalue weighted by molar-refractivity contribution is 1.16. The van der Waals surface area contributed by atoms with Crippen LogP contribution in [0.3, 0.4) is 0 Å². The first-order valence-electron chi connectivity index (χ1n) is 14.6. The summed E-state index contributed by atoms with van der Waals surface area (Å²) in [7, 11) is 0. The van der Waals surface area contributed by atoms with Crippen molar-refractivity contribution in [3.8, 4) is 56.4 Å². The van der Waals surface area contributed by atoms with Crippen LogP contribution >= 0.6 is 0 Å². The highest BCUT2D eigenvalue weighted by Crippen LogP contribution is 2.30. The molecule has 0 amide bonds. The molecular formula is C40H26N4. The van der Waals surface area contributed by atoms with Gasteiger partial charge >= 0.3 is 0 Å². The third-order valence-electron chi connectivity index (χ3n) is 7.88. The maximum absolute atomic E-state index is 5.06. The van der Waals surface area contributed by atoms with Crippen molar-refractivity contribution in [2.75, 3.05) is 0 Å². The summed E-state index contributed by atoms with van der Waals surface area (Å²) in [4.78, 5) is 20.1. The second kappa shape index (κ2) is 11.0. The van der Waals surface area contributed by atoms with Crippen LogP contribution in [0.2, 0.25) is 0 Å². The van der Waals surface area contributed by atoms with Crippen LogP contribution in [0.15, 0.2) is 158 Å². The van der Waals surface area contributed by atoms with Gasteiger partial charge in [-0.05, 0) is 41.5 Å². The van der Waals surface area contributed by atoms with Gasteiger partial charge in [-0.15, -0.1) is 0 Å². The van der Waals surface area contributed by atoms with E-state index in [0.717, 1.165) is 66.8 Å². The maximum Gasteiger partial charge on any atom is 0.179 e. The molecule has 0 N–H and O–H groups in total. The van der Waals surface area contributed by atoms with E-state index in [1.54, 1.807) is 0 Å². The van der Waals surface area contributed by atoms with Gasteiger partial charge in [0.15, 0.2) is 5.82 Å². The van der Waals surface area contributed by atoms with E-state index in [1.807, 2.05) is 54.6 Å². The molecular weight excluding hydrogens is 536 g/mol. The molecule has 0 aliphatic carbocycles. The van der Waals surface area contributed by atoms with E-state index in [9.17, 15) is 0 Å². The van der Waals surface area contributed by atoms with Gasteiger partial charge in [-0.3, -0.25) is 0 Å². The fraction of sp³-hybridized carbons (Fsp3) is 0. The third kappa shape index (κ3) is 4.99. The fourth-order valence-corrected chi connectivity index (χ4v) is 5.56. The van der Waals surface area contributed by atoms with Gasteiger partial charge in [-0.1, -0.05) is 127 Å². The number of fused-ring (bicyclic) bond motifs is 2. The highest BCUT2D eigenvalue weighted by atomic mass is 14.9. The molecule has 0 atom stereocenters. The first-order chi connectivity index (χ1) is 21.8. The SMILES string of the molecule is c1ccc(-c2ccc3ccc(-c4ccc5ccc(-c6nc(-c7ccccc7)cc(-c7ccccc7)n6)nc5c4)nc3c2)cc1. The van der Waals surface area contributed by atoms with E-state index in [-0.39, 0.29) is 0 Å². The summed E-state index contributed by atoms with van der Waals surface area (Å²) >= 11 is 0. The molecule has 5 aromatic carbocycles. The van der Waals surface area contributed by atoms with Gasteiger partial charge in [-0.25, -0.2) is 19.9 Å². The number of rotatable bonds is 5. The number of pyridine rings is 2. The molecule has 206 valence electrons. The Labute approximate surface area is 255 Å². The summed E-state index contributed by atoms with van der Waals surface area (Å²) in [5.74, 6) is 0.592. The predicted octanol–water partition coefficient (Wildman–Crippen LogP) is 9.91. The first-order valence-corrected chi connectivity index (χ1v) is 14.6. The van der Waals surface area contributed by atoms with Crippen LogP contribution in [0, 0.1) is 0 Å². The molecule has 0 saturated heterocycles. The van der Waals surface area contributed by atoms with Crippen molar-refractivity contribution in [1.29, 1.82) is 0 Å². The highest BCUT2D eigenvalue weighted by molar-refractivity contribution is 5.89. The monoisotopic (exact) mass is 562 g/mol. The van der Waals surface area contributed by atoms with Gasteiger partial charge in [-0.2, -0.15) is 0 Å². The highest BCUT2D eigenvalue weighted by Gasteiger charge is 2.13. The summed E-state index contributed by atoms with van der Waals surface area (Å²) in [6.07, 6.45) is 0. The summed E-state index contributed by atoms with van der Waals surface area (Å²) in [6, 6.07) is 53.9. The molecule has 0 spiro atoms. The lowest BCUT2D eigenvalue weighted by atomic mass is 10.0. The number of nitrogens with zero attached hydrogens (tertiary/aromatic N) is 4. The maximum atomic E-state index is 5.06. The lowest BCUT2D eigenvalue weighted by Gasteiger charge is -2.10. The minimum absolute atomic E-state index is 0.592. The van der Waals surface area contributed by atoms with E-state index in [2.05, 4.69) is 103 Å². The molecule has 0 radical (unpaired) electrons. The van der Waals surface area contributed by atoms with Crippen LogP contribution in [0.25, 0.3) is 78.2 Å². The third-order valence-corrected chi connectivity index (χ3v) is 7.88. The van der Waals surface area contributed by atoms with Crippen LogP contribution in [0.5, 0.6) is 0 Å². The Morgan fingerprint density at radius 1 is 0.273 bits per heavy atom. The molecule has 0 saturated carbocycles. The van der Waals surface area contributed by atoms with Crippen molar-refractivity contribution in [3.63, 3.8) is 0 Å². The Hall–Kier alpha value is -6.00. The minimum atomic E-state index is 0.592. The zero-order chi connectivity index (χ0) is 29.3. The predicted molar refractivity (Wildman–Crippen MR) is 180 cm³/mol. The van der Waals surface area contributed by atoms with Gasteiger partial charge in [0, 0.05) is 27.5 Å². The molecule has 4 nitrogen and oxygen atoms in total. The molecule has 44 heavy (non-hydrogen) atoms. The van der Waals surface area contributed by atoms with Crippen LogP contribution in [-0.4, -0.2) is 19.9 Å². The van der Waals surface area contributed by atoms with Gasteiger partial charge in [0.2, 0.25) is 0 Å². The van der Waals surface area contributed by atoms with Gasteiger partial charge < -0.3 is 0 Å². The number of benzene rings is 5. The zero-order valence-electron chi connectivity index (χ0n) is 23.8. The fourth-order valence-electron chi connectivity index (χ4n) is 5.56. The lowest BCUT2D eigenvalue weighted by Crippen LogP contribution is -1.97. The molecule has 0 bridgehead atoms. The number of hydrogen-bond donors (Lipinski definition) is 0. The van der Waals surface area contributed by atoms with E-state index >= 15 is 0 Å². The number of hydrogen-bond acceptors (Lipinski definition) is 4. The molecule has 3 aromatic heterocycles. The molecule has 0 fully saturated rings. The first kappa shape index (κ1) is 25.7. The molecule has 0 aliphatic rings. The zero-order valence-corrected chi connectivity index (χ0v) is 23.8. The normalized spacial score (nSPS) is 11.2. The summed E-state index contributed by atoms with van der Waals surface area (Å²) < 4.78 is 0. The van der Waals surface area contributed by atoms with Crippen molar-refractivity contribution < 1.29 is 0 Å². The largest absolute Gasteiger partial charge is 0.248 e. The standard InChI is InChI=1S/C40H26N4/c1-4-10-27(11-5-1)32-18-16-30-20-22-34(41-36(30)24-32)33-19-17-31-21-23-35(42-37(31)25-33)40-43-38(28-12-6-2-7-13-28)26-39(44-40)29-14-8-3-9-15-29/h1-26H. The number of aromatic nitrogens is 4. The average molecular weight is 563 g/mol. The summed E-state index contributed by atoms with van der Waals surface area (Å²) in [6.45, 7) is 0. The second-order valence-corrected chi connectivity index (χ2v) is 10.8. The van der Waals surface area contributed by atoms with Gasteiger partial charge in [0.05, 0.1) is 28.1 Å². The summed E-state index contributed by atoms with van der Waals surface area (Å²) in [5.41, 5.74) is 10.6. The van der Waals surface area contributed by atoms with Crippen molar-refractivity contribution in [2.45, 2.75) is 0 Å². The molecule has 4 heteroatoms. The Kier molecular flexibility index (Phi) is 6.43. The van der Waals surface area contributed by atoms with Gasteiger partial charge in [0.25, 0.3) is 0 Å². The Balaban J connectivity index is 1.21. The topological polar surface area (TPSA) is 51.6 Å². The van der Waals surface area contributed by atoms with E-state index in [1.165, 1.54) is 5.56 Å². The molecule has 0 aliphatic heterocycles. The van der Waals surface area contributed by atoms with E-state index in [0.29, 0.717) is 5.82 Å². The van der Waals surface area contributed by atoms with Gasteiger partial charge in [0.1, 0.15) is 5.69 Å². The molecule has 8 rings (SSSR count). The molecule has 3 heterocycles. The van der Waals surface area contributed by atoms with Crippen LogP contribution in [0.1, 0.15) is 0 Å². The van der Waals surface area contributed by atoms with Crippen LogP contribution in [-0.2, 0) is 0 Å².